The summed E-state index contributed by atoms with van der Waals surface area (Å²) < 4.78 is 13.4. The van der Waals surface area contributed by atoms with Crippen LogP contribution in [0.5, 0.6) is 0 Å². The molecule has 2 atom stereocenters. The first-order valence-corrected chi connectivity index (χ1v) is 6.15. The quantitative estimate of drug-likeness (QED) is 0.622. The minimum Gasteiger partial charge on any atom is -0.295 e. The molecule has 2 rings (SSSR count). The van der Waals surface area contributed by atoms with Gasteiger partial charge in [0, 0.05) is 4.47 Å². The van der Waals surface area contributed by atoms with Crippen LogP contribution in [0.15, 0.2) is 22.7 Å². The molecule has 1 fully saturated rings. The van der Waals surface area contributed by atoms with Crippen LogP contribution in [0.2, 0.25) is 0 Å². The fraction of sp³-hybridized carbons (Fsp3) is 0.200. The van der Waals surface area contributed by atoms with Crippen LogP contribution in [0.3, 0.4) is 0 Å². The summed E-state index contributed by atoms with van der Waals surface area (Å²) in [4.78, 5) is 22.2. The third kappa shape index (κ3) is 1.91. The van der Waals surface area contributed by atoms with Crippen molar-refractivity contribution in [2.45, 2.75) is 10.7 Å². The second-order valence-electron chi connectivity index (χ2n) is 3.40. The van der Waals surface area contributed by atoms with Crippen molar-refractivity contribution in [3.05, 3.63) is 34.1 Å². The Morgan fingerprint density at radius 3 is 2.44 bits per heavy atom. The molecule has 0 radical (unpaired) electrons. The zero-order valence-electron chi connectivity index (χ0n) is 7.84. The van der Waals surface area contributed by atoms with Crippen LogP contribution in [-0.2, 0) is 9.59 Å². The van der Waals surface area contributed by atoms with E-state index in [1.165, 1.54) is 18.2 Å². The third-order valence-corrected chi connectivity index (χ3v) is 4.00. The molecule has 0 spiro atoms. The van der Waals surface area contributed by atoms with Crippen LogP contribution >= 0.6 is 31.9 Å². The van der Waals surface area contributed by atoms with Crippen molar-refractivity contribution >= 4 is 43.7 Å². The van der Waals surface area contributed by atoms with Crippen molar-refractivity contribution in [3.63, 3.8) is 0 Å². The molecule has 0 saturated carbocycles. The van der Waals surface area contributed by atoms with Gasteiger partial charge in [-0.25, -0.2) is 4.39 Å². The Morgan fingerprint density at radius 2 is 1.94 bits per heavy atom. The molecule has 0 aliphatic carbocycles. The summed E-state index contributed by atoms with van der Waals surface area (Å²) in [6, 6.07) is 4.03. The zero-order valence-corrected chi connectivity index (χ0v) is 11.0. The molecule has 84 valence electrons. The topological polar surface area (TPSA) is 46.2 Å². The summed E-state index contributed by atoms with van der Waals surface area (Å²) >= 11 is 6.33. The maximum atomic E-state index is 12.9. The second-order valence-corrected chi connectivity index (χ2v) is 5.24. The second kappa shape index (κ2) is 4.25. The van der Waals surface area contributed by atoms with Crippen molar-refractivity contribution in [3.8, 4) is 0 Å². The first-order chi connectivity index (χ1) is 7.50. The number of amides is 2. The summed E-state index contributed by atoms with van der Waals surface area (Å²) in [5, 5.41) is 2.22. The highest BCUT2D eigenvalue weighted by atomic mass is 79.9. The van der Waals surface area contributed by atoms with Gasteiger partial charge in [0.25, 0.3) is 0 Å². The van der Waals surface area contributed by atoms with Crippen molar-refractivity contribution in [2.75, 3.05) is 0 Å². The number of nitrogens with one attached hydrogen (secondary N) is 1. The molecule has 1 heterocycles. The molecule has 1 aliphatic rings. The van der Waals surface area contributed by atoms with Gasteiger partial charge < -0.3 is 0 Å². The van der Waals surface area contributed by atoms with Gasteiger partial charge in [0.2, 0.25) is 11.8 Å². The Labute approximate surface area is 108 Å². The lowest BCUT2D eigenvalue weighted by Crippen LogP contribution is -2.22. The molecule has 1 aromatic rings. The molecular formula is C10H6Br2FNO2. The summed E-state index contributed by atoms with van der Waals surface area (Å²) in [6.07, 6.45) is 0. The minimum atomic E-state index is -0.623. The van der Waals surface area contributed by atoms with E-state index in [1.54, 1.807) is 0 Å². The normalized spacial score (nSPS) is 24.7. The van der Waals surface area contributed by atoms with Gasteiger partial charge in [0.1, 0.15) is 10.6 Å². The first kappa shape index (κ1) is 11.7. The van der Waals surface area contributed by atoms with Crippen molar-refractivity contribution < 1.29 is 14.0 Å². The van der Waals surface area contributed by atoms with Gasteiger partial charge in [0.15, 0.2) is 0 Å². The van der Waals surface area contributed by atoms with Crippen LogP contribution in [0.4, 0.5) is 4.39 Å². The maximum absolute atomic E-state index is 12.9. The molecule has 0 aromatic heterocycles. The molecule has 0 bridgehead atoms. The van der Waals surface area contributed by atoms with Crippen LogP contribution in [-0.4, -0.2) is 16.6 Å². The van der Waals surface area contributed by atoms with Crippen LogP contribution in [0, 0.1) is 5.82 Å². The molecule has 1 saturated heterocycles. The highest BCUT2D eigenvalue weighted by Crippen LogP contribution is 2.34. The zero-order chi connectivity index (χ0) is 11.9. The Morgan fingerprint density at radius 1 is 1.25 bits per heavy atom. The molecule has 1 N–H and O–H groups in total. The summed E-state index contributed by atoms with van der Waals surface area (Å²) in [5.41, 5.74) is 0.589. The first-order valence-electron chi connectivity index (χ1n) is 4.44. The van der Waals surface area contributed by atoms with Crippen LogP contribution < -0.4 is 5.32 Å². The molecule has 1 aromatic carbocycles. The van der Waals surface area contributed by atoms with E-state index in [4.69, 9.17) is 0 Å². The lowest BCUT2D eigenvalue weighted by molar-refractivity contribution is -0.125. The highest BCUT2D eigenvalue weighted by Gasteiger charge is 2.41. The standard InChI is InChI=1S/C10H6Br2FNO2/c11-6-3-4(13)1-2-5(6)7-8(12)10(16)14-9(7)15/h1-3,7-8H,(H,14,15,16). The fourth-order valence-corrected chi connectivity index (χ4v) is 2.84. The van der Waals surface area contributed by atoms with Gasteiger partial charge >= 0.3 is 0 Å². The van der Waals surface area contributed by atoms with Gasteiger partial charge in [-0.1, -0.05) is 37.9 Å². The number of carbonyl (C=O) groups is 2. The van der Waals surface area contributed by atoms with Crippen molar-refractivity contribution in [2.24, 2.45) is 0 Å². The average molecular weight is 351 g/mol. The number of hydrogen-bond acceptors (Lipinski definition) is 2. The summed E-state index contributed by atoms with van der Waals surface area (Å²) in [7, 11) is 0. The maximum Gasteiger partial charge on any atom is 0.241 e. The number of imide groups is 1. The van der Waals surface area contributed by atoms with E-state index in [1.807, 2.05) is 0 Å². The van der Waals surface area contributed by atoms with Gasteiger partial charge in [-0.3, -0.25) is 14.9 Å². The molecule has 16 heavy (non-hydrogen) atoms. The van der Waals surface area contributed by atoms with Gasteiger partial charge in [-0.2, -0.15) is 0 Å². The third-order valence-electron chi connectivity index (χ3n) is 2.37. The van der Waals surface area contributed by atoms with Gasteiger partial charge in [0.05, 0.1) is 5.92 Å². The average Bonchev–Trinajstić information content (AvgIpc) is 2.43. The van der Waals surface area contributed by atoms with Crippen molar-refractivity contribution in [1.29, 1.82) is 0 Å². The Bertz CT molecular complexity index is 478. The van der Waals surface area contributed by atoms with E-state index >= 15 is 0 Å². The predicted molar refractivity (Wildman–Crippen MR) is 62.7 cm³/mol. The Hall–Kier alpha value is -0.750. The Kier molecular flexibility index (Phi) is 3.12. The van der Waals surface area contributed by atoms with E-state index in [9.17, 15) is 14.0 Å². The Balaban J connectivity index is 2.44. The lowest BCUT2D eigenvalue weighted by Gasteiger charge is -2.12. The monoisotopic (exact) mass is 349 g/mol. The van der Waals surface area contributed by atoms with Crippen LogP contribution in [0.25, 0.3) is 0 Å². The molecule has 3 nitrogen and oxygen atoms in total. The van der Waals surface area contributed by atoms with Crippen LogP contribution in [0.1, 0.15) is 11.5 Å². The summed E-state index contributed by atoms with van der Waals surface area (Å²) in [6.45, 7) is 0. The van der Waals surface area contributed by atoms with E-state index in [-0.39, 0.29) is 11.8 Å². The lowest BCUT2D eigenvalue weighted by atomic mass is 9.97. The van der Waals surface area contributed by atoms with E-state index < -0.39 is 16.6 Å². The van der Waals surface area contributed by atoms with E-state index in [0.29, 0.717) is 10.0 Å². The molecule has 1 aliphatic heterocycles. The molecule has 2 unspecified atom stereocenters. The molecule has 2 amide bonds. The number of alkyl halides is 1. The smallest absolute Gasteiger partial charge is 0.241 e. The minimum absolute atomic E-state index is 0.369. The number of rotatable bonds is 1. The summed E-state index contributed by atoms with van der Waals surface area (Å²) in [5.74, 6) is -1.76. The predicted octanol–water partition coefficient (Wildman–Crippen LogP) is 2.09. The van der Waals surface area contributed by atoms with E-state index in [2.05, 4.69) is 37.2 Å². The number of hydrogen-bond donors (Lipinski definition) is 1. The number of benzene rings is 1. The van der Waals surface area contributed by atoms with Crippen molar-refractivity contribution in [1.82, 2.24) is 5.32 Å². The highest BCUT2D eigenvalue weighted by molar-refractivity contribution is 9.10. The SMILES string of the molecule is O=C1NC(=O)C(c2ccc(F)cc2Br)C1Br. The fourth-order valence-electron chi connectivity index (χ4n) is 1.61. The van der Waals surface area contributed by atoms with Gasteiger partial charge in [-0.15, -0.1) is 0 Å². The number of halogens is 3. The largest absolute Gasteiger partial charge is 0.295 e. The van der Waals surface area contributed by atoms with Gasteiger partial charge in [-0.05, 0) is 17.7 Å². The molecular weight excluding hydrogens is 345 g/mol. The number of carbonyl (C=O) groups excluding carboxylic acids is 2. The van der Waals surface area contributed by atoms with E-state index in [0.717, 1.165) is 0 Å². The molecule has 6 heteroatoms.